The minimum atomic E-state index is -0.297. The highest BCUT2D eigenvalue weighted by Crippen LogP contribution is 2.35. The van der Waals surface area contributed by atoms with Crippen molar-refractivity contribution in [1.29, 1.82) is 0 Å². The molecular formula is C13H23NO4. The minimum absolute atomic E-state index is 0.0413. The highest BCUT2D eigenvalue weighted by molar-refractivity contribution is 5.70. The lowest BCUT2D eigenvalue weighted by Gasteiger charge is -2.36. The molecular weight excluding hydrogens is 234 g/mol. The number of ether oxygens (including phenoxy) is 2. The summed E-state index contributed by atoms with van der Waals surface area (Å²) in [6.45, 7) is 3.63. The van der Waals surface area contributed by atoms with Crippen LogP contribution in [-0.4, -0.2) is 60.5 Å². The summed E-state index contributed by atoms with van der Waals surface area (Å²) >= 11 is 0. The normalized spacial score (nSPS) is 31.6. The van der Waals surface area contributed by atoms with Gasteiger partial charge in [0.1, 0.15) is 6.61 Å². The van der Waals surface area contributed by atoms with Crippen LogP contribution < -0.4 is 0 Å². The number of carbonyl (C=O) groups is 1. The molecule has 0 amide bonds. The topological polar surface area (TPSA) is 59.0 Å². The number of carbonyl (C=O) groups excluding carboxylic acids is 1. The summed E-state index contributed by atoms with van der Waals surface area (Å²) in [7, 11) is 0. The Balaban J connectivity index is 1.64. The van der Waals surface area contributed by atoms with Crippen molar-refractivity contribution in [3.05, 3.63) is 0 Å². The zero-order valence-electron chi connectivity index (χ0n) is 11.0. The van der Waals surface area contributed by atoms with Gasteiger partial charge in [-0.25, -0.2) is 4.79 Å². The standard InChI is InChI=1S/C13H23NO4/c1-2-18-13(16)9-17-6-5-14-10-3-4-11(14)8-12(15)7-10/h10-12,15H,2-9H2,1H3. The van der Waals surface area contributed by atoms with Crippen molar-refractivity contribution in [3.63, 3.8) is 0 Å². The molecule has 0 radical (unpaired) electrons. The van der Waals surface area contributed by atoms with Crippen molar-refractivity contribution in [2.75, 3.05) is 26.4 Å². The molecule has 0 aromatic heterocycles. The molecule has 5 nitrogen and oxygen atoms in total. The van der Waals surface area contributed by atoms with Crippen LogP contribution in [0.2, 0.25) is 0 Å². The molecule has 1 N–H and O–H groups in total. The van der Waals surface area contributed by atoms with Crippen LogP contribution in [0.15, 0.2) is 0 Å². The van der Waals surface area contributed by atoms with Gasteiger partial charge in [0.2, 0.25) is 0 Å². The first kappa shape index (κ1) is 13.8. The second-order valence-electron chi connectivity index (χ2n) is 5.11. The van der Waals surface area contributed by atoms with E-state index in [1.54, 1.807) is 6.92 Å². The van der Waals surface area contributed by atoms with Gasteiger partial charge in [-0.1, -0.05) is 0 Å². The number of nitrogens with zero attached hydrogens (tertiary/aromatic N) is 1. The van der Waals surface area contributed by atoms with Gasteiger partial charge in [-0.2, -0.15) is 0 Å². The number of aliphatic hydroxyl groups is 1. The molecule has 2 unspecified atom stereocenters. The van der Waals surface area contributed by atoms with Crippen molar-refractivity contribution in [2.24, 2.45) is 0 Å². The average Bonchev–Trinajstić information content (AvgIpc) is 2.57. The molecule has 18 heavy (non-hydrogen) atoms. The van der Waals surface area contributed by atoms with E-state index in [0.717, 1.165) is 19.4 Å². The maximum absolute atomic E-state index is 11.1. The van der Waals surface area contributed by atoms with Crippen molar-refractivity contribution in [2.45, 2.75) is 50.8 Å². The summed E-state index contributed by atoms with van der Waals surface area (Å²) in [5.41, 5.74) is 0. The van der Waals surface area contributed by atoms with Gasteiger partial charge in [-0.15, -0.1) is 0 Å². The zero-order chi connectivity index (χ0) is 13.0. The molecule has 0 aromatic carbocycles. The van der Waals surface area contributed by atoms with Crippen LogP contribution in [0, 0.1) is 0 Å². The first-order valence-electron chi connectivity index (χ1n) is 6.88. The van der Waals surface area contributed by atoms with Gasteiger partial charge < -0.3 is 14.6 Å². The lowest BCUT2D eigenvalue weighted by molar-refractivity contribution is -0.148. The van der Waals surface area contributed by atoms with E-state index in [0.29, 0.717) is 25.3 Å². The highest BCUT2D eigenvalue weighted by Gasteiger charge is 2.39. The second kappa shape index (κ2) is 6.50. The van der Waals surface area contributed by atoms with E-state index in [2.05, 4.69) is 4.90 Å². The van der Waals surface area contributed by atoms with Crippen molar-refractivity contribution in [1.82, 2.24) is 4.90 Å². The highest BCUT2D eigenvalue weighted by atomic mass is 16.6. The maximum atomic E-state index is 11.1. The lowest BCUT2D eigenvalue weighted by Crippen LogP contribution is -2.46. The molecule has 2 atom stereocenters. The van der Waals surface area contributed by atoms with E-state index in [4.69, 9.17) is 9.47 Å². The van der Waals surface area contributed by atoms with E-state index in [1.165, 1.54) is 12.8 Å². The van der Waals surface area contributed by atoms with Gasteiger partial charge in [0.05, 0.1) is 19.3 Å². The third-order valence-electron chi connectivity index (χ3n) is 3.88. The van der Waals surface area contributed by atoms with Crippen LogP contribution in [0.3, 0.4) is 0 Å². The fourth-order valence-electron chi connectivity index (χ4n) is 3.14. The Labute approximate surface area is 108 Å². The van der Waals surface area contributed by atoms with Gasteiger partial charge in [-0.3, -0.25) is 4.90 Å². The van der Waals surface area contributed by atoms with E-state index in [-0.39, 0.29) is 18.7 Å². The van der Waals surface area contributed by atoms with Crippen LogP contribution in [-0.2, 0) is 14.3 Å². The van der Waals surface area contributed by atoms with Crippen molar-refractivity contribution in [3.8, 4) is 0 Å². The molecule has 0 aromatic rings. The first-order valence-corrected chi connectivity index (χ1v) is 6.88. The molecule has 2 saturated heterocycles. The maximum Gasteiger partial charge on any atom is 0.332 e. The largest absolute Gasteiger partial charge is 0.464 e. The first-order chi connectivity index (χ1) is 8.70. The fraction of sp³-hybridized carbons (Fsp3) is 0.923. The summed E-state index contributed by atoms with van der Waals surface area (Å²) < 4.78 is 10.1. The number of hydrogen-bond acceptors (Lipinski definition) is 5. The predicted molar refractivity (Wildman–Crippen MR) is 66.2 cm³/mol. The smallest absolute Gasteiger partial charge is 0.332 e. The van der Waals surface area contributed by atoms with Crippen LogP contribution in [0.1, 0.15) is 32.6 Å². The summed E-state index contributed by atoms with van der Waals surface area (Å²) in [4.78, 5) is 13.5. The molecule has 2 bridgehead atoms. The molecule has 5 heteroatoms. The minimum Gasteiger partial charge on any atom is -0.464 e. The molecule has 0 saturated carbocycles. The number of aliphatic hydroxyl groups excluding tert-OH is 1. The molecule has 0 aliphatic carbocycles. The van der Waals surface area contributed by atoms with Crippen molar-refractivity contribution < 1.29 is 19.4 Å². The molecule has 2 aliphatic rings. The third-order valence-corrected chi connectivity index (χ3v) is 3.88. The van der Waals surface area contributed by atoms with Gasteiger partial charge in [0.15, 0.2) is 0 Å². The van der Waals surface area contributed by atoms with E-state index in [1.807, 2.05) is 0 Å². The van der Waals surface area contributed by atoms with E-state index in [9.17, 15) is 9.90 Å². The second-order valence-corrected chi connectivity index (χ2v) is 5.11. The Kier molecular flexibility index (Phi) is 4.97. The Hall–Kier alpha value is -0.650. The fourth-order valence-corrected chi connectivity index (χ4v) is 3.14. The summed E-state index contributed by atoms with van der Waals surface area (Å²) in [5, 5.41) is 9.69. The van der Waals surface area contributed by atoms with Crippen molar-refractivity contribution >= 4 is 5.97 Å². The third kappa shape index (κ3) is 3.43. The Bertz CT molecular complexity index is 270. The zero-order valence-corrected chi connectivity index (χ0v) is 11.0. The van der Waals surface area contributed by atoms with Gasteiger partial charge in [0, 0.05) is 18.6 Å². The Morgan fingerprint density at radius 2 is 2.00 bits per heavy atom. The number of rotatable bonds is 6. The van der Waals surface area contributed by atoms with Crippen LogP contribution in [0.4, 0.5) is 0 Å². The Morgan fingerprint density at radius 3 is 2.61 bits per heavy atom. The van der Waals surface area contributed by atoms with Crippen LogP contribution in [0.5, 0.6) is 0 Å². The number of hydrogen-bond donors (Lipinski definition) is 1. The molecule has 104 valence electrons. The predicted octanol–water partition coefficient (Wildman–Crippen LogP) is 0.554. The molecule has 2 heterocycles. The molecule has 2 aliphatic heterocycles. The van der Waals surface area contributed by atoms with E-state index >= 15 is 0 Å². The number of piperidine rings is 1. The van der Waals surface area contributed by atoms with E-state index < -0.39 is 0 Å². The number of esters is 1. The van der Waals surface area contributed by atoms with Gasteiger partial charge in [-0.05, 0) is 32.6 Å². The monoisotopic (exact) mass is 257 g/mol. The van der Waals surface area contributed by atoms with Crippen LogP contribution in [0.25, 0.3) is 0 Å². The lowest BCUT2D eigenvalue weighted by atomic mass is 10.0. The molecule has 2 fully saturated rings. The van der Waals surface area contributed by atoms with Gasteiger partial charge in [0.25, 0.3) is 0 Å². The molecule has 0 spiro atoms. The Morgan fingerprint density at radius 1 is 1.33 bits per heavy atom. The summed E-state index contributed by atoms with van der Waals surface area (Å²) in [6, 6.07) is 1.01. The summed E-state index contributed by atoms with van der Waals surface area (Å²) in [6.07, 6.45) is 4.00. The van der Waals surface area contributed by atoms with Crippen LogP contribution >= 0.6 is 0 Å². The quantitative estimate of drug-likeness (QED) is 0.556. The molecule has 2 rings (SSSR count). The SMILES string of the molecule is CCOC(=O)COCCN1C2CCC1CC(O)C2. The van der Waals surface area contributed by atoms with Gasteiger partial charge >= 0.3 is 5.97 Å². The summed E-state index contributed by atoms with van der Waals surface area (Å²) in [5.74, 6) is -0.297. The average molecular weight is 257 g/mol. The number of fused-ring (bicyclic) bond motifs is 2.